The van der Waals surface area contributed by atoms with Crippen LogP contribution in [0.4, 0.5) is 5.69 Å². The highest BCUT2D eigenvalue weighted by Crippen LogP contribution is 2.18. The number of nitrogens with zero attached hydrogens (tertiary/aromatic N) is 3. The van der Waals surface area contributed by atoms with Crippen LogP contribution < -0.4 is 16.0 Å². The molecule has 1 aromatic carbocycles. The van der Waals surface area contributed by atoms with Gasteiger partial charge in [-0.25, -0.2) is 4.79 Å². The highest BCUT2D eigenvalue weighted by molar-refractivity contribution is 5.72. The quantitative estimate of drug-likeness (QED) is 0.447. The summed E-state index contributed by atoms with van der Waals surface area (Å²) in [5.41, 5.74) is -1.17. The Morgan fingerprint density at radius 1 is 0.966 bits per heavy atom. The minimum Gasteiger partial charge on any atom is -0.494 e. The van der Waals surface area contributed by atoms with Crippen LogP contribution in [0.2, 0.25) is 0 Å². The highest BCUT2D eigenvalue weighted by atomic mass is 16.6. The maximum absolute atomic E-state index is 12.8. The van der Waals surface area contributed by atoms with E-state index in [4.69, 9.17) is 4.74 Å². The molecule has 0 saturated heterocycles. The topological polar surface area (TPSA) is 96.4 Å². The molecular formula is C21H27N3O5. The molecule has 156 valence electrons. The number of rotatable bonds is 10. The van der Waals surface area contributed by atoms with Crippen LogP contribution in [0.3, 0.4) is 0 Å². The van der Waals surface area contributed by atoms with Gasteiger partial charge in [0.05, 0.1) is 11.5 Å². The summed E-state index contributed by atoms with van der Waals surface area (Å²) in [5, 5.41) is 11.6. The third kappa shape index (κ3) is 5.22. The fraction of sp³-hybridized carbons (Fsp3) is 0.429. The molecule has 0 bridgehead atoms. The van der Waals surface area contributed by atoms with Gasteiger partial charge in [-0.05, 0) is 43.0 Å². The van der Waals surface area contributed by atoms with E-state index in [-0.39, 0.29) is 18.8 Å². The normalized spacial score (nSPS) is 11.1. The van der Waals surface area contributed by atoms with Crippen molar-refractivity contribution >= 4 is 17.8 Å². The van der Waals surface area contributed by atoms with Gasteiger partial charge in [0, 0.05) is 13.1 Å². The van der Waals surface area contributed by atoms with E-state index in [9.17, 15) is 19.7 Å². The van der Waals surface area contributed by atoms with Crippen molar-refractivity contribution in [2.75, 3.05) is 6.61 Å². The van der Waals surface area contributed by atoms with Gasteiger partial charge in [-0.3, -0.25) is 24.0 Å². The predicted molar refractivity (Wildman–Crippen MR) is 113 cm³/mol. The van der Waals surface area contributed by atoms with Crippen molar-refractivity contribution in [2.45, 2.75) is 53.1 Å². The summed E-state index contributed by atoms with van der Waals surface area (Å²) in [6.07, 6.45) is 5.16. The van der Waals surface area contributed by atoms with Crippen molar-refractivity contribution in [3.8, 4) is 5.75 Å². The third-order valence-corrected chi connectivity index (χ3v) is 4.31. The molecule has 0 radical (unpaired) electrons. The number of ether oxygens (including phenoxy) is 1. The second-order valence-corrected chi connectivity index (χ2v) is 6.63. The summed E-state index contributed by atoms with van der Waals surface area (Å²) in [5.74, 6) is 0.736. The maximum atomic E-state index is 12.8. The predicted octanol–water partition coefficient (Wildman–Crippen LogP) is 3.70. The van der Waals surface area contributed by atoms with Crippen molar-refractivity contribution in [1.29, 1.82) is 0 Å². The van der Waals surface area contributed by atoms with Crippen molar-refractivity contribution in [2.24, 2.45) is 0 Å². The standard InChI is InChI=1S/C21H27N3O5/c1-4-13-22-18(12-9-16-7-10-17(11-8-16)29-15-6-3)19(24(27)28)20(25)23(14-5-2)21(22)26/h7-12H,4-6,13-15H2,1-3H3/b12-9+. The van der Waals surface area contributed by atoms with Crippen molar-refractivity contribution < 1.29 is 9.66 Å². The first-order valence-corrected chi connectivity index (χ1v) is 9.87. The smallest absolute Gasteiger partial charge is 0.357 e. The molecule has 0 aliphatic heterocycles. The molecular weight excluding hydrogens is 374 g/mol. The molecule has 0 fully saturated rings. The Kier molecular flexibility index (Phi) is 7.94. The highest BCUT2D eigenvalue weighted by Gasteiger charge is 2.25. The average molecular weight is 401 g/mol. The zero-order chi connectivity index (χ0) is 21.4. The first-order valence-electron chi connectivity index (χ1n) is 9.87. The van der Waals surface area contributed by atoms with Crippen LogP contribution in [-0.4, -0.2) is 20.7 Å². The number of aromatic nitrogens is 2. The van der Waals surface area contributed by atoms with E-state index in [2.05, 4.69) is 0 Å². The molecule has 0 amide bonds. The summed E-state index contributed by atoms with van der Waals surface area (Å²) in [7, 11) is 0. The molecule has 0 spiro atoms. The molecule has 8 nitrogen and oxygen atoms in total. The van der Waals surface area contributed by atoms with Gasteiger partial charge >= 0.3 is 16.9 Å². The van der Waals surface area contributed by atoms with E-state index < -0.39 is 21.9 Å². The molecule has 29 heavy (non-hydrogen) atoms. The number of hydrogen-bond acceptors (Lipinski definition) is 5. The van der Waals surface area contributed by atoms with Crippen molar-refractivity contribution in [3.63, 3.8) is 0 Å². The lowest BCUT2D eigenvalue weighted by atomic mass is 10.1. The summed E-state index contributed by atoms with van der Waals surface area (Å²) in [6, 6.07) is 7.24. The van der Waals surface area contributed by atoms with Gasteiger partial charge in [-0.1, -0.05) is 39.0 Å². The van der Waals surface area contributed by atoms with Crippen molar-refractivity contribution in [3.05, 3.63) is 66.5 Å². The van der Waals surface area contributed by atoms with Crippen molar-refractivity contribution in [1.82, 2.24) is 9.13 Å². The Bertz CT molecular complexity index is 987. The minimum absolute atomic E-state index is 0.0190. The molecule has 2 rings (SSSR count). The third-order valence-electron chi connectivity index (χ3n) is 4.31. The first kappa shape index (κ1) is 22.1. The maximum Gasteiger partial charge on any atom is 0.357 e. The van der Waals surface area contributed by atoms with E-state index in [1.165, 1.54) is 10.6 Å². The first-order chi connectivity index (χ1) is 13.9. The van der Waals surface area contributed by atoms with Crippen LogP contribution in [0.15, 0.2) is 33.9 Å². The van der Waals surface area contributed by atoms with Crippen LogP contribution in [0, 0.1) is 10.1 Å². The lowest BCUT2D eigenvalue weighted by molar-refractivity contribution is -0.387. The largest absolute Gasteiger partial charge is 0.494 e. The zero-order valence-corrected chi connectivity index (χ0v) is 17.1. The monoisotopic (exact) mass is 401 g/mol. The fourth-order valence-electron chi connectivity index (χ4n) is 2.97. The van der Waals surface area contributed by atoms with E-state index in [1.807, 2.05) is 45.0 Å². The molecule has 2 aromatic rings. The Morgan fingerprint density at radius 2 is 1.59 bits per heavy atom. The lowest BCUT2D eigenvalue weighted by Crippen LogP contribution is -2.42. The van der Waals surface area contributed by atoms with Gasteiger partial charge in [0.2, 0.25) is 0 Å². The Morgan fingerprint density at radius 3 is 2.14 bits per heavy atom. The summed E-state index contributed by atoms with van der Waals surface area (Å²) in [4.78, 5) is 36.3. The van der Waals surface area contributed by atoms with E-state index >= 15 is 0 Å². The number of benzene rings is 1. The van der Waals surface area contributed by atoms with Crippen LogP contribution in [-0.2, 0) is 13.1 Å². The fourth-order valence-corrected chi connectivity index (χ4v) is 2.97. The van der Waals surface area contributed by atoms with Crippen LogP contribution in [0.5, 0.6) is 5.75 Å². The zero-order valence-electron chi connectivity index (χ0n) is 17.1. The molecule has 1 heterocycles. The van der Waals surface area contributed by atoms with Gasteiger partial charge in [-0.2, -0.15) is 0 Å². The molecule has 1 aromatic heterocycles. The van der Waals surface area contributed by atoms with Crippen LogP contribution >= 0.6 is 0 Å². The molecule has 0 atom stereocenters. The summed E-state index contributed by atoms with van der Waals surface area (Å²) < 4.78 is 7.80. The van der Waals surface area contributed by atoms with Gasteiger partial charge < -0.3 is 4.74 Å². The SMILES string of the molecule is CCCOc1ccc(/C=C/c2c([N+](=O)[O-])c(=O)n(CCC)c(=O)n2CCC)cc1. The number of hydrogen-bond donors (Lipinski definition) is 0. The van der Waals surface area contributed by atoms with Gasteiger partial charge in [0.1, 0.15) is 11.4 Å². The second kappa shape index (κ2) is 10.4. The van der Waals surface area contributed by atoms with E-state index in [1.54, 1.807) is 6.08 Å². The van der Waals surface area contributed by atoms with E-state index in [0.717, 1.165) is 22.3 Å². The second-order valence-electron chi connectivity index (χ2n) is 6.63. The molecule has 8 heteroatoms. The summed E-state index contributed by atoms with van der Waals surface area (Å²) >= 11 is 0. The van der Waals surface area contributed by atoms with Gasteiger partial charge in [0.25, 0.3) is 0 Å². The average Bonchev–Trinajstić information content (AvgIpc) is 2.70. The minimum atomic E-state index is -0.864. The molecule has 0 aliphatic rings. The Labute approximate surface area is 169 Å². The van der Waals surface area contributed by atoms with Gasteiger partial charge in [-0.15, -0.1) is 0 Å². The van der Waals surface area contributed by atoms with Crippen LogP contribution in [0.25, 0.3) is 12.2 Å². The van der Waals surface area contributed by atoms with Crippen LogP contribution in [0.1, 0.15) is 51.3 Å². The Hall–Kier alpha value is -3.16. The Balaban J connectivity index is 2.55. The molecule has 0 aliphatic carbocycles. The molecule has 0 N–H and O–H groups in total. The van der Waals surface area contributed by atoms with Gasteiger partial charge in [0.15, 0.2) is 0 Å². The molecule has 0 saturated carbocycles. The lowest BCUT2D eigenvalue weighted by Gasteiger charge is -2.13. The van der Waals surface area contributed by atoms with E-state index in [0.29, 0.717) is 19.4 Å². The number of nitro groups is 1. The molecule has 0 unspecified atom stereocenters. The summed E-state index contributed by atoms with van der Waals surface area (Å²) in [6.45, 7) is 6.76.